The fourth-order valence-electron chi connectivity index (χ4n) is 1.68. The summed E-state index contributed by atoms with van der Waals surface area (Å²) < 4.78 is 0. The lowest BCUT2D eigenvalue weighted by molar-refractivity contribution is 0.520. The molecule has 1 aliphatic rings. The van der Waals surface area contributed by atoms with Crippen LogP contribution in [0.3, 0.4) is 0 Å². The summed E-state index contributed by atoms with van der Waals surface area (Å²) >= 11 is 0. The Kier molecular flexibility index (Phi) is 3.74. The van der Waals surface area contributed by atoms with Gasteiger partial charge in [0.05, 0.1) is 17.4 Å². The van der Waals surface area contributed by atoms with Gasteiger partial charge in [-0.3, -0.25) is 0 Å². The Balaban J connectivity index is 0.000000124. The van der Waals surface area contributed by atoms with Gasteiger partial charge in [0.25, 0.3) is 0 Å². The molecule has 1 fully saturated rings. The number of aromatic amines is 1. The first-order chi connectivity index (χ1) is 7.47. The van der Waals surface area contributed by atoms with Crippen molar-refractivity contribution in [2.45, 2.75) is 19.3 Å². The summed E-state index contributed by atoms with van der Waals surface area (Å²) in [4.78, 5) is 7.07. The highest BCUT2D eigenvalue weighted by Crippen LogP contribution is 2.05. The largest absolute Gasteiger partial charge is 0.345 e. The molecule has 0 unspecified atom stereocenters. The Hall–Kier alpha value is -1.35. The Labute approximate surface area is 89.9 Å². The van der Waals surface area contributed by atoms with Crippen LogP contribution in [0.1, 0.15) is 19.3 Å². The molecule has 2 aromatic rings. The molecule has 80 valence electrons. The number of benzene rings is 1. The zero-order valence-electron chi connectivity index (χ0n) is 8.87. The molecule has 1 aromatic carbocycles. The van der Waals surface area contributed by atoms with Crippen LogP contribution >= 0.6 is 0 Å². The number of hydrogen-bond acceptors (Lipinski definition) is 2. The molecule has 3 rings (SSSR count). The van der Waals surface area contributed by atoms with E-state index >= 15 is 0 Å². The number of piperidine rings is 1. The van der Waals surface area contributed by atoms with Gasteiger partial charge in [-0.1, -0.05) is 18.6 Å². The minimum atomic E-state index is 1.03. The Bertz CT molecular complexity index is 349. The van der Waals surface area contributed by atoms with Crippen LogP contribution in [-0.2, 0) is 0 Å². The molecule has 0 bridgehead atoms. The predicted molar refractivity (Wildman–Crippen MR) is 62.8 cm³/mol. The summed E-state index contributed by atoms with van der Waals surface area (Å²) in [5, 5.41) is 3.28. The zero-order chi connectivity index (χ0) is 10.3. The molecule has 0 radical (unpaired) electrons. The van der Waals surface area contributed by atoms with E-state index in [2.05, 4.69) is 15.3 Å². The van der Waals surface area contributed by atoms with Crippen LogP contribution in [0, 0.1) is 0 Å². The van der Waals surface area contributed by atoms with Crippen molar-refractivity contribution in [1.29, 1.82) is 0 Å². The third-order valence-corrected chi connectivity index (χ3v) is 2.53. The fraction of sp³-hybridized carbons (Fsp3) is 0.417. The summed E-state index contributed by atoms with van der Waals surface area (Å²) in [6, 6.07) is 7.94. The fourth-order valence-corrected chi connectivity index (χ4v) is 1.68. The van der Waals surface area contributed by atoms with Gasteiger partial charge >= 0.3 is 0 Å². The third-order valence-electron chi connectivity index (χ3n) is 2.53. The minimum absolute atomic E-state index is 1.03. The molecule has 2 heterocycles. The molecule has 2 N–H and O–H groups in total. The third kappa shape index (κ3) is 3.06. The molecule has 1 aromatic heterocycles. The van der Waals surface area contributed by atoms with Crippen molar-refractivity contribution in [1.82, 2.24) is 15.3 Å². The number of hydrogen-bond donors (Lipinski definition) is 2. The van der Waals surface area contributed by atoms with Crippen molar-refractivity contribution in [3.63, 3.8) is 0 Å². The van der Waals surface area contributed by atoms with E-state index in [9.17, 15) is 0 Å². The van der Waals surface area contributed by atoms with Crippen LogP contribution in [0.2, 0.25) is 0 Å². The second-order valence-corrected chi connectivity index (χ2v) is 3.73. The van der Waals surface area contributed by atoms with E-state index in [1.807, 2.05) is 24.3 Å². The van der Waals surface area contributed by atoms with Crippen molar-refractivity contribution >= 4 is 11.0 Å². The lowest BCUT2D eigenvalue weighted by Crippen LogP contribution is -2.21. The maximum atomic E-state index is 4.06. The monoisotopic (exact) mass is 203 g/mol. The molecule has 3 heteroatoms. The lowest BCUT2D eigenvalue weighted by atomic mass is 10.2. The Morgan fingerprint density at radius 2 is 1.80 bits per heavy atom. The molecule has 0 spiro atoms. The van der Waals surface area contributed by atoms with Gasteiger partial charge in [0.15, 0.2) is 0 Å². The predicted octanol–water partition coefficient (Wildman–Crippen LogP) is 2.32. The normalized spacial score (nSPS) is 15.7. The number of aromatic nitrogens is 2. The number of para-hydroxylation sites is 2. The summed E-state index contributed by atoms with van der Waals surface area (Å²) in [6.07, 6.45) is 5.91. The van der Waals surface area contributed by atoms with Gasteiger partial charge < -0.3 is 10.3 Å². The average Bonchev–Trinajstić information content (AvgIpc) is 2.80. The molecule has 3 nitrogen and oxygen atoms in total. The van der Waals surface area contributed by atoms with Crippen molar-refractivity contribution in [2.24, 2.45) is 0 Å². The van der Waals surface area contributed by atoms with Gasteiger partial charge in [-0.05, 0) is 38.1 Å². The van der Waals surface area contributed by atoms with Crippen LogP contribution in [0.25, 0.3) is 11.0 Å². The van der Waals surface area contributed by atoms with Crippen LogP contribution in [-0.4, -0.2) is 23.1 Å². The lowest BCUT2D eigenvalue weighted by Gasteiger charge is -2.08. The first-order valence-corrected chi connectivity index (χ1v) is 5.55. The van der Waals surface area contributed by atoms with E-state index in [0.717, 1.165) is 11.0 Å². The summed E-state index contributed by atoms with van der Waals surface area (Å²) in [6.45, 7) is 2.50. The Morgan fingerprint density at radius 3 is 2.40 bits per heavy atom. The number of nitrogens with one attached hydrogen (secondary N) is 2. The van der Waals surface area contributed by atoms with Gasteiger partial charge in [0.1, 0.15) is 0 Å². The average molecular weight is 203 g/mol. The highest BCUT2D eigenvalue weighted by Gasteiger charge is 1.93. The van der Waals surface area contributed by atoms with Crippen molar-refractivity contribution in [3.05, 3.63) is 30.6 Å². The SMILES string of the molecule is C1CCNCC1.c1ccc2[nH]cnc2c1. The molecule has 1 saturated heterocycles. The van der Waals surface area contributed by atoms with E-state index in [4.69, 9.17) is 0 Å². The van der Waals surface area contributed by atoms with Gasteiger partial charge in [-0.15, -0.1) is 0 Å². The molecule has 1 aliphatic heterocycles. The number of H-pyrrole nitrogens is 1. The van der Waals surface area contributed by atoms with E-state index in [-0.39, 0.29) is 0 Å². The van der Waals surface area contributed by atoms with Gasteiger partial charge in [0.2, 0.25) is 0 Å². The first-order valence-electron chi connectivity index (χ1n) is 5.55. The minimum Gasteiger partial charge on any atom is -0.345 e. The van der Waals surface area contributed by atoms with E-state index in [1.54, 1.807) is 6.33 Å². The topological polar surface area (TPSA) is 40.7 Å². The quantitative estimate of drug-likeness (QED) is 0.690. The molecule has 0 aliphatic carbocycles. The number of fused-ring (bicyclic) bond motifs is 1. The van der Waals surface area contributed by atoms with Crippen LogP contribution < -0.4 is 5.32 Å². The molecular weight excluding hydrogens is 186 g/mol. The van der Waals surface area contributed by atoms with E-state index in [0.29, 0.717) is 0 Å². The van der Waals surface area contributed by atoms with Gasteiger partial charge in [-0.25, -0.2) is 4.98 Å². The van der Waals surface area contributed by atoms with Crippen molar-refractivity contribution in [2.75, 3.05) is 13.1 Å². The standard InChI is InChI=1S/C7H6N2.C5H11N/c1-2-4-7-6(3-1)8-5-9-7;1-2-4-6-5-3-1/h1-5H,(H,8,9);6H,1-5H2. The van der Waals surface area contributed by atoms with Crippen molar-refractivity contribution in [3.8, 4) is 0 Å². The van der Waals surface area contributed by atoms with Gasteiger partial charge in [-0.2, -0.15) is 0 Å². The van der Waals surface area contributed by atoms with E-state index < -0.39 is 0 Å². The first kappa shape index (κ1) is 10.2. The number of imidazole rings is 1. The molecule has 0 atom stereocenters. The summed E-state index contributed by atoms with van der Waals surface area (Å²) in [7, 11) is 0. The smallest absolute Gasteiger partial charge is 0.0931 e. The molecule has 0 saturated carbocycles. The summed E-state index contributed by atoms with van der Waals surface area (Å²) in [5.74, 6) is 0. The number of nitrogens with zero attached hydrogens (tertiary/aromatic N) is 1. The van der Waals surface area contributed by atoms with Crippen LogP contribution in [0.15, 0.2) is 30.6 Å². The van der Waals surface area contributed by atoms with Crippen LogP contribution in [0.5, 0.6) is 0 Å². The maximum absolute atomic E-state index is 4.06. The Morgan fingerprint density at radius 1 is 1.00 bits per heavy atom. The maximum Gasteiger partial charge on any atom is 0.0931 e. The van der Waals surface area contributed by atoms with Gasteiger partial charge in [0, 0.05) is 0 Å². The molecular formula is C12H17N3. The highest BCUT2D eigenvalue weighted by atomic mass is 14.9. The molecule has 15 heavy (non-hydrogen) atoms. The summed E-state index contributed by atoms with van der Waals surface area (Å²) in [5.41, 5.74) is 2.12. The highest BCUT2D eigenvalue weighted by molar-refractivity contribution is 5.73. The number of rotatable bonds is 0. The van der Waals surface area contributed by atoms with E-state index in [1.165, 1.54) is 32.4 Å². The molecule has 0 amide bonds. The zero-order valence-corrected chi connectivity index (χ0v) is 8.87. The van der Waals surface area contributed by atoms with Crippen molar-refractivity contribution < 1.29 is 0 Å². The van der Waals surface area contributed by atoms with Crippen LogP contribution in [0.4, 0.5) is 0 Å². The second-order valence-electron chi connectivity index (χ2n) is 3.73. The second kappa shape index (κ2) is 5.51.